The predicted octanol–water partition coefficient (Wildman–Crippen LogP) is 3.12. The second-order valence-corrected chi connectivity index (χ2v) is 6.02. The van der Waals surface area contributed by atoms with Crippen molar-refractivity contribution in [3.63, 3.8) is 0 Å². The van der Waals surface area contributed by atoms with E-state index >= 15 is 0 Å². The van der Waals surface area contributed by atoms with Gasteiger partial charge in [0.25, 0.3) is 0 Å². The molecule has 1 saturated carbocycles. The first kappa shape index (κ1) is 18.6. The minimum Gasteiger partial charge on any atom is -0.338 e. The molecule has 0 bridgehead atoms. The van der Waals surface area contributed by atoms with Crippen LogP contribution in [0.15, 0.2) is 0 Å². The van der Waals surface area contributed by atoms with E-state index in [2.05, 4.69) is 0 Å². The van der Waals surface area contributed by atoms with E-state index < -0.39 is 18.0 Å². The number of rotatable bonds is 2. The van der Waals surface area contributed by atoms with E-state index in [1.165, 1.54) is 0 Å². The lowest BCUT2D eigenvalue weighted by Crippen LogP contribution is -2.50. The molecule has 21 heavy (non-hydrogen) atoms. The van der Waals surface area contributed by atoms with Crippen molar-refractivity contribution in [1.29, 1.82) is 0 Å². The Morgan fingerprint density at radius 1 is 1.14 bits per heavy atom. The van der Waals surface area contributed by atoms with Gasteiger partial charge in [-0.05, 0) is 38.5 Å². The standard InChI is InChI=1S/C14H23F3N2O.ClH/c15-14(16,17)11-5-3-4-10(8-11)13(20)19-7-2-1-6-12(19)9-18;/h10-12H,1-9,18H2;1H. The van der Waals surface area contributed by atoms with Crippen molar-refractivity contribution < 1.29 is 18.0 Å². The molecule has 0 aromatic heterocycles. The lowest BCUT2D eigenvalue weighted by molar-refractivity contribution is -0.187. The van der Waals surface area contributed by atoms with Crippen LogP contribution in [0.2, 0.25) is 0 Å². The number of amides is 1. The third-order valence-electron chi connectivity index (χ3n) is 4.67. The Hall–Kier alpha value is -0.490. The smallest absolute Gasteiger partial charge is 0.338 e. The van der Waals surface area contributed by atoms with Crippen LogP contribution in [-0.4, -0.2) is 36.1 Å². The second kappa shape index (κ2) is 7.68. The van der Waals surface area contributed by atoms with Crippen LogP contribution >= 0.6 is 12.4 Å². The van der Waals surface area contributed by atoms with Gasteiger partial charge in [0.2, 0.25) is 5.91 Å². The summed E-state index contributed by atoms with van der Waals surface area (Å²) in [5, 5.41) is 0. The molecule has 2 N–H and O–H groups in total. The second-order valence-electron chi connectivity index (χ2n) is 6.02. The van der Waals surface area contributed by atoms with Gasteiger partial charge in [0, 0.05) is 25.0 Å². The van der Waals surface area contributed by atoms with Crippen molar-refractivity contribution in [2.45, 2.75) is 57.2 Å². The van der Waals surface area contributed by atoms with Crippen molar-refractivity contribution in [2.24, 2.45) is 17.6 Å². The van der Waals surface area contributed by atoms with Gasteiger partial charge in [-0.15, -0.1) is 12.4 Å². The summed E-state index contributed by atoms with van der Waals surface area (Å²) < 4.78 is 38.5. The minimum absolute atomic E-state index is 0. The van der Waals surface area contributed by atoms with Crippen LogP contribution < -0.4 is 5.73 Å². The molecule has 124 valence electrons. The van der Waals surface area contributed by atoms with Gasteiger partial charge in [-0.2, -0.15) is 13.2 Å². The zero-order chi connectivity index (χ0) is 14.8. The van der Waals surface area contributed by atoms with Gasteiger partial charge in [-0.25, -0.2) is 0 Å². The number of carbonyl (C=O) groups is 1. The van der Waals surface area contributed by atoms with Crippen LogP contribution in [0.3, 0.4) is 0 Å². The van der Waals surface area contributed by atoms with E-state index in [9.17, 15) is 18.0 Å². The molecule has 1 saturated heterocycles. The van der Waals surface area contributed by atoms with Crippen LogP contribution in [0.25, 0.3) is 0 Å². The first-order chi connectivity index (χ1) is 9.43. The van der Waals surface area contributed by atoms with Gasteiger partial charge in [0.05, 0.1) is 5.92 Å². The molecule has 0 radical (unpaired) electrons. The Bertz CT molecular complexity index is 352. The van der Waals surface area contributed by atoms with Crippen molar-refractivity contribution >= 4 is 18.3 Å². The first-order valence-corrected chi connectivity index (χ1v) is 7.50. The lowest BCUT2D eigenvalue weighted by atomic mass is 9.80. The Labute approximate surface area is 129 Å². The third kappa shape index (κ3) is 4.49. The summed E-state index contributed by atoms with van der Waals surface area (Å²) >= 11 is 0. The molecular formula is C14H24ClF3N2O. The Balaban J connectivity index is 0.00000220. The van der Waals surface area contributed by atoms with Gasteiger partial charge < -0.3 is 10.6 Å². The molecular weight excluding hydrogens is 305 g/mol. The summed E-state index contributed by atoms with van der Waals surface area (Å²) in [4.78, 5) is 14.2. The first-order valence-electron chi connectivity index (χ1n) is 7.50. The quantitative estimate of drug-likeness (QED) is 0.846. The van der Waals surface area contributed by atoms with Crippen LogP contribution in [0.5, 0.6) is 0 Å². The summed E-state index contributed by atoms with van der Waals surface area (Å²) in [7, 11) is 0. The summed E-state index contributed by atoms with van der Waals surface area (Å²) in [6, 6.07) is 0.0162. The highest BCUT2D eigenvalue weighted by Gasteiger charge is 2.44. The van der Waals surface area contributed by atoms with Crippen LogP contribution in [-0.2, 0) is 4.79 Å². The van der Waals surface area contributed by atoms with E-state index in [1.54, 1.807) is 4.90 Å². The van der Waals surface area contributed by atoms with Crippen LogP contribution in [0.1, 0.15) is 44.9 Å². The fourth-order valence-corrected chi connectivity index (χ4v) is 3.48. The molecule has 3 atom stereocenters. The van der Waals surface area contributed by atoms with E-state index in [0.717, 1.165) is 19.3 Å². The molecule has 3 nitrogen and oxygen atoms in total. The molecule has 0 aromatic carbocycles. The van der Waals surface area contributed by atoms with Crippen LogP contribution in [0.4, 0.5) is 13.2 Å². The molecule has 1 aliphatic heterocycles. The maximum atomic E-state index is 12.8. The van der Waals surface area contributed by atoms with Crippen molar-refractivity contribution in [1.82, 2.24) is 4.90 Å². The van der Waals surface area contributed by atoms with E-state index in [-0.39, 0.29) is 37.2 Å². The zero-order valence-corrected chi connectivity index (χ0v) is 12.9. The topological polar surface area (TPSA) is 46.3 Å². The van der Waals surface area contributed by atoms with E-state index in [4.69, 9.17) is 5.73 Å². The Kier molecular flexibility index (Phi) is 6.78. The van der Waals surface area contributed by atoms with Gasteiger partial charge in [-0.3, -0.25) is 4.79 Å². The van der Waals surface area contributed by atoms with Gasteiger partial charge in [0.15, 0.2) is 0 Å². The molecule has 1 heterocycles. The molecule has 1 amide bonds. The number of nitrogens with two attached hydrogens (primary N) is 1. The Morgan fingerprint density at radius 3 is 2.48 bits per heavy atom. The zero-order valence-electron chi connectivity index (χ0n) is 12.1. The SMILES string of the molecule is Cl.NCC1CCCCN1C(=O)C1CCCC(C(F)(F)F)C1. The number of nitrogens with zero attached hydrogens (tertiary/aromatic N) is 1. The average Bonchev–Trinajstić information content (AvgIpc) is 2.45. The highest BCUT2D eigenvalue weighted by atomic mass is 35.5. The maximum absolute atomic E-state index is 12.8. The molecule has 7 heteroatoms. The Morgan fingerprint density at radius 2 is 1.86 bits per heavy atom. The summed E-state index contributed by atoms with van der Waals surface area (Å²) in [5.41, 5.74) is 5.68. The predicted molar refractivity (Wildman–Crippen MR) is 77.2 cm³/mol. The number of piperidine rings is 1. The average molecular weight is 329 g/mol. The molecule has 2 rings (SSSR count). The van der Waals surface area contributed by atoms with Gasteiger partial charge >= 0.3 is 6.18 Å². The van der Waals surface area contributed by atoms with Gasteiger partial charge in [-0.1, -0.05) is 6.42 Å². The monoisotopic (exact) mass is 328 g/mol. The van der Waals surface area contributed by atoms with Gasteiger partial charge in [0.1, 0.15) is 0 Å². The van der Waals surface area contributed by atoms with Crippen LogP contribution in [0, 0.1) is 11.8 Å². The number of carbonyl (C=O) groups excluding carboxylic acids is 1. The minimum atomic E-state index is -4.17. The van der Waals surface area contributed by atoms with Crippen molar-refractivity contribution in [3.05, 3.63) is 0 Å². The highest BCUT2D eigenvalue weighted by Crippen LogP contribution is 2.40. The van der Waals surface area contributed by atoms with E-state index in [0.29, 0.717) is 25.9 Å². The third-order valence-corrected chi connectivity index (χ3v) is 4.67. The molecule has 1 aliphatic carbocycles. The molecule has 2 fully saturated rings. The lowest BCUT2D eigenvalue weighted by Gasteiger charge is -2.39. The van der Waals surface area contributed by atoms with Crippen molar-refractivity contribution in [3.8, 4) is 0 Å². The molecule has 3 unspecified atom stereocenters. The summed E-state index contributed by atoms with van der Waals surface area (Å²) in [6.45, 7) is 1.05. The number of hydrogen-bond acceptors (Lipinski definition) is 2. The van der Waals surface area contributed by atoms with E-state index in [1.807, 2.05) is 0 Å². The number of likely N-dealkylation sites (tertiary alicyclic amines) is 1. The molecule has 2 aliphatic rings. The highest BCUT2D eigenvalue weighted by molar-refractivity contribution is 5.85. The number of halogens is 4. The fraction of sp³-hybridized carbons (Fsp3) is 0.929. The normalized spacial score (nSPS) is 30.7. The summed E-state index contributed by atoms with van der Waals surface area (Å²) in [5.74, 6) is -1.89. The number of alkyl halides is 3. The summed E-state index contributed by atoms with van der Waals surface area (Å²) in [6.07, 6.45) is -0.143. The largest absolute Gasteiger partial charge is 0.391 e. The number of hydrogen-bond donors (Lipinski definition) is 1. The van der Waals surface area contributed by atoms with Crippen molar-refractivity contribution in [2.75, 3.05) is 13.1 Å². The fourth-order valence-electron chi connectivity index (χ4n) is 3.48. The molecule has 0 spiro atoms. The maximum Gasteiger partial charge on any atom is 0.391 e. The molecule has 0 aromatic rings.